The average Bonchev–Trinajstić information content (AvgIpc) is 2.17. The number of rotatable bonds is 2. The van der Waals surface area contributed by atoms with Crippen LogP contribution in [0.1, 0.15) is 42.3 Å². The van der Waals surface area contributed by atoms with Gasteiger partial charge < -0.3 is 0 Å². The number of benzene rings is 1. The first-order valence-corrected chi connectivity index (χ1v) is 5.35. The second-order valence-corrected chi connectivity index (χ2v) is 4.96. The van der Waals surface area contributed by atoms with Crippen LogP contribution in [0, 0.1) is 13.8 Å². The highest BCUT2D eigenvalue weighted by Crippen LogP contribution is 2.11. The monoisotopic (exact) mass is 221 g/mol. The van der Waals surface area contributed by atoms with Crippen LogP contribution < -0.4 is 5.48 Å². The zero-order chi connectivity index (χ0) is 12.3. The fraction of sp³-hybridized carbons (Fsp3) is 0.462. The lowest BCUT2D eigenvalue weighted by molar-refractivity contribution is -0.0590. The minimum absolute atomic E-state index is 0.198. The van der Waals surface area contributed by atoms with Gasteiger partial charge in [-0.3, -0.25) is 9.63 Å². The maximum Gasteiger partial charge on any atom is 0.275 e. The van der Waals surface area contributed by atoms with Crippen LogP contribution in [0.5, 0.6) is 0 Å². The Morgan fingerprint density at radius 2 is 1.88 bits per heavy atom. The summed E-state index contributed by atoms with van der Waals surface area (Å²) in [5.41, 5.74) is 4.75. The summed E-state index contributed by atoms with van der Waals surface area (Å²) in [6, 6.07) is 5.77. The average molecular weight is 221 g/mol. The van der Waals surface area contributed by atoms with Gasteiger partial charge in [0.2, 0.25) is 0 Å². The van der Waals surface area contributed by atoms with E-state index in [0.29, 0.717) is 5.56 Å². The SMILES string of the molecule is Cc1ccc(C)c(C(=O)NOC(C)(C)C)c1. The molecule has 3 nitrogen and oxygen atoms in total. The van der Waals surface area contributed by atoms with Gasteiger partial charge >= 0.3 is 0 Å². The highest BCUT2D eigenvalue weighted by Gasteiger charge is 2.15. The topological polar surface area (TPSA) is 38.3 Å². The van der Waals surface area contributed by atoms with E-state index in [-0.39, 0.29) is 11.5 Å². The van der Waals surface area contributed by atoms with Gasteiger partial charge in [0, 0.05) is 5.56 Å². The summed E-state index contributed by atoms with van der Waals surface area (Å²) in [5, 5.41) is 0. The molecule has 0 aliphatic heterocycles. The molecule has 0 heterocycles. The van der Waals surface area contributed by atoms with Gasteiger partial charge in [-0.25, -0.2) is 5.48 Å². The van der Waals surface area contributed by atoms with Gasteiger partial charge in [0.05, 0.1) is 5.60 Å². The molecule has 0 saturated heterocycles. The highest BCUT2D eigenvalue weighted by molar-refractivity contribution is 5.95. The molecule has 1 amide bonds. The van der Waals surface area contributed by atoms with E-state index in [1.165, 1.54) is 0 Å². The van der Waals surface area contributed by atoms with Crippen molar-refractivity contribution < 1.29 is 9.63 Å². The molecule has 0 aliphatic rings. The number of carbonyl (C=O) groups is 1. The third-order valence-electron chi connectivity index (χ3n) is 2.09. The molecule has 0 spiro atoms. The van der Waals surface area contributed by atoms with Gasteiger partial charge in [-0.15, -0.1) is 0 Å². The predicted molar refractivity (Wildman–Crippen MR) is 64.2 cm³/mol. The Morgan fingerprint density at radius 3 is 2.44 bits per heavy atom. The number of amides is 1. The smallest absolute Gasteiger partial charge is 0.268 e. The minimum atomic E-state index is -0.382. The molecule has 0 atom stereocenters. The Morgan fingerprint density at radius 1 is 1.25 bits per heavy atom. The van der Waals surface area contributed by atoms with Crippen LogP contribution in [0.4, 0.5) is 0 Å². The molecule has 0 bridgehead atoms. The van der Waals surface area contributed by atoms with E-state index < -0.39 is 0 Å². The molecule has 1 rings (SSSR count). The maximum atomic E-state index is 11.8. The summed E-state index contributed by atoms with van der Waals surface area (Å²) in [4.78, 5) is 17.1. The fourth-order valence-electron chi connectivity index (χ4n) is 1.23. The standard InChI is InChI=1S/C13H19NO2/c1-9-6-7-10(2)11(8-9)12(15)14-16-13(3,4)5/h6-8H,1-5H3,(H,14,15). The van der Waals surface area contributed by atoms with Crippen LogP contribution in [0.2, 0.25) is 0 Å². The summed E-state index contributed by atoms with van der Waals surface area (Å²) >= 11 is 0. The molecule has 0 saturated carbocycles. The van der Waals surface area contributed by atoms with Gasteiger partial charge in [-0.05, 0) is 46.2 Å². The lowest BCUT2D eigenvalue weighted by atomic mass is 10.1. The van der Waals surface area contributed by atoms with Gasteiger partial charge in [0.1, 0.15) is 0 Å². The van der Waals surface area contributed by atoms with Gasteiger partial charge in [0.25, 0.3) is 5.91 Å². The Hall–Kier alpha value is -1.35. The Labute approximate surface area is 96.8 Å². The number of hydroxylamine groups is 1. The van der Waals surface area contributed by atoms with Crippen molar-refractivity contribution in [3.63, 3.8) is 0 Å². The third kappa shape index (κ3) is 3.66. The van der Waals surface area contributed by atoms with E-state index in [4.69, 9.17) is 4.84 Å². The van der Waals surface area contributed by atoms with Crippen molar-refractivity contribution >= 4 is 5.91 Å². The Bertz CT molecular complexity index is 391. The number of hydrogen-bond donors (Lipinski definition) is 1. The lowest BCUT2D eigenvalue weighted by Gasteiger charge is -2.19. The van der Waals surface area contributed by atoms with E-state index in [1.807, 2.05) is 52.8 Å². The van der Waals surface area contributed by atoms with E-state index in [0.717, 1.165) is 11.1 Å². The summed E-state index contributed by atoms with van der Waals surface area (Å²) in [6.45, 7) is 9.52. The van der Waals surface area contributed by atoms with Crippen molar-refractivity contribution in [2.45, 2.75) is 40.2 Å². The first-order valence-electron chi connectivity index (χ1n) is 5.35. The minimum Gasteiger partial charge on any atom is -0.268 e. The van der Waals surface area contributed by atoms with Crippen LogP contribution in [-0.2, 0) is 4.84 Å². The van der Waals surface area contributed by atoms with Crippen molar-refractivity contribution in [3.05, 3.63) is 34.9 Å². The molecule has 0 aromatic heterocycles. The molecule has 16 heavy (non-hydrogen) atoms. The van der Waals surface area contributed by atoms with Gasteiger partial charge in [-0.2, -0.15) is 0 Å². The first-order chi connectivity index (χ1) is 7.29. The first kappa shape index (κ1) is 12.7. The number of nitrogens with one attached hydrogen (secondary N) is 1. The molecule has 0 unspecified atom stereocenters. The predicted octanol–water partition coefficient (Wildman–Crippen LogP) is 2.76. The molecule has 0 fully saturated rings. The lowest BCUT2D eigenvalue weighted by Crippen LogP contribution is -2.33. The molecule has 0 radical (unpaired) electrons. The zero-order valence-corrected chi connectivity index (χ0v) is 10.5. The molecular weight excluding hydrogens is 202 g/mol. The number of aryl methyl sites for hydroxylation is 2. The molecular formula is C13H19NO2. The highest BCUT2D eigenvalue weighted by atomic mass is 16.7. The van der Waals surface area contributed by atoms with Crippen molar-refractivity contribution in [3.8, 4) is 0 Å². The van der Waals surface area contributed by atoms with Crippen LogP contribution in [0.25, 0.3) is 0 Å². The van der Waals surface area contributed by atoms with Crippen molar-refractivity contribution in [2.75, 3.05) is 0 Å². The molecule has 1 aromatic rings. The maximum absolute atomic E-state index is 11.8. The Balaban J connectivity index is 2.77. The van der Waals surface area contributed by atoms with E-state index in [9.17, 15) is 4.79 Å². The van der Waals surface area contributed by atoms with Crippen molar-refractivity contribution in [1.82, 2.24) is 5.48 Å². The van der Waals surface area contributed by atoms with E-state index in [1.54, 1.807) is 0 Å². The van der Waals surface area contributed by atoms with Crippen molar-refractivity contribution in [2.24, 2.45) is 0 Å². The molecule has 1 N–H and O–H groups in total. The molecule has 0 aliphatic carbocycles. The molecule has 88 valence electrons. The van der Waals surface area contributed by atoms with Crippen LogP contribution in [0.3, 0.4) is 0 Å². The second-order valence-electron chi connectivity index (χ2n) is 4.96. The van der Waals surface area contributed by atoms with Crippen molar-refractivity contribution in [1.29, 1.82) is 0 Å². The second kappa shape index (κ2) is 4.66. The zero-order valence-electron chi connectivity index (χ0n) is 10.5. The van der Waals surface area contributed by atoms with E-state index in [2.05, 4.69) is 5.48 Å². The Kier molecular flexibility index (Phi) is 3.70. The summed E-state index contributed by atoms with van der Waals surface area (Å²) in [5.74, 6) is -0.198. The van der Waals surface area contributed by atoms with Gasteiger partial charge in [0.15, 0.2) is 0 Å². The normalized spacial score (nSPS) is 11.3. The summed E-state index contributed by atoms with van der Waals surface area (Å²) < 4.78 is 0. The molecule has 1 aromatic carbocycles. The number of carbonyl (C=O) groups excluding carboxylic acids is 1. The van der Waals surface area contributed by atoms with Crippen LogP contribution in [0.15, 0.2) is 18.2 Å². The molecule has 3 heteroatoms. The fourth-order valence-corrected chi connectivity index (χ4v) is 1.23. The largest absolute Gasteiger partial charge is 0.275 e. The van der Waals surface area contributed by atoms with Crippen LogP contribution in [-0.4, -0.2) is 11.5 Å². The van der Waals surface area contributed by atoms with E-state index >= 15 is 0 Å². The quantitative estimate of drug-likeness (QED) is 0.780. The third-order valence-corrected chi connectivity index (χ3v) is 2.09. The summed E-state index contributed by atoms with van der Waals surface area (Å²) in [6.07, 6.45) is 0. The van der Waals surface area contributed by atoms with Gasteiger partial charge in [-0.1, -0.05) is 17.7 Å². The summed E-state index contributed by atoms with van der Waals surface area (Å²) in [7, 11) is 0. The number of hydrogen-bond acceptors (Lipinski definition) is 2. The van der Waals surface area contributed by atoms with Crippen LogP contribution >= 0.6 is 0 Å².